The Bertz CT molecular complexity index is 821. The fourth-order valence-corrected chi connectivity index (χ4v) is 3.25. The molecule has 2 aromatic rings. The number of aryl methyl sites for hydroxylation is 4. The summed E-state index contributed by atoms with van der Waals surface area (Å²) in [5.74, 6) is -0.202. The maximum Gasteiger partial charge on any atom is 0.316 e. The number of hydrogen-bond acceptors (Lipinski definition) is 3. The number of rotatable bonds is 3. The molecule has 0 unspecified atom stereocenters. The van der Waals surface area contributed by atoms with Crippen LogP contribution in [0.1, 0.15) is 28.7 Å². The standard InChI is InChI=1S/C21H23NO3/c1-13-8-9-14(2)18(10-13)22-12-17(11-19(22)23)21(24)25-20-15(3)6-5-7-16(20)4/h5-10,17H,11-12H2,1-4H3/t17-/m0/s1. The van der Waals surface area contributed by atoms with Crippen molar-refractivity contribution in [2.24, 2.45) is 5.92 Å². The van der Waals surface area contributed by atoms with Crippen LogP contribution in [0.2, 0.25) is 0 Å². The highest BCUT2D eigenvalue weighted by atomic mass is 16.5. The Morgan fingerprint density at radius 1 is 1.04 bits per heavy atom. The summed E-state index contributed by atoms with van der Waals surface area (Å²) in [4.78, 5) is 26.8. The monoisotopic (exact) mass is 337 g/mol. The molecule has 0 saturated carbocycles. The summed E-state index contributed by atoms with van der Waals surface area (Å²) in [6, 6.07) is 11.8. The molecule has 1 atom stereocenters. The van der Waals surface area contributed by atoms with Crippen molar-refractivity contribution < 1.29 is 14.3 Å². The van der Waals surface area contributed by atoms with Crippen LogP contribution in [0.5, 0.6) is 5.75 Å². The molecule has 0 aliphatic carbocycles. The Balaban J connectivity index is 1.78. The van der Waals surface area contributed by atoms with Crippen LogP contribution >= 0.6 is 0 Å². The summed E-state index contributed by atoms with van der Waals surface area (Å²) in [6.45, 7) is 8.17. The maximum absolute atomic E-state index is 12.6. The summed E-state index contributed by atoms with van der Waals surface area (Å²) in [5.41, 5.74) is 4.85. The summed E-state index contributed by atoms with van der Waals surface area (Å²) >= 11 is 0. The number of benzene rings is 2. The quantitative estimate of drug-likeness (QED) is 0.631. The molecule has 1 saturated heterocycles. The Hall–Kier alpha value is -2.62. The van der Waals surface area contributed by atoms with Crippen LogP contribution in [0, 0.1) is 33.6 Å². The van der Waals surface area contributed by atoms with Crippen LogP contribution in [-0.4, -0.2) is 18.4 Å². The van der Waals surface area contributed by atoms with E-state index in [1.807, 2.05) is 64.1 Å². The molecule has 0 spiro atoms. The minimum Gasteiger partial charge on any atom is -0.426 e. The third kappa shape index (κ3) is 3.43. The molecule has 1 heterocycles. The average Bonchev–Trinajstić information content (AvgIpc) is 2.95. The van der Waals surface area contributed by atoms with E-state index in [1.54, 1.807) is 4.90 Å². The van der Waals surface area contributed by atoms with Crippen LogP contribution in [0.3, 0.4) is 0 Å². The van der Waals surface area contributed by atoms with Crippen molar-refractivity contribution in [2.75, 3.05) is 11.4 Å². The lowest BCUT2D eigenvalue weighted by atomic mass is 10.1. The van der Waals surface area contributed by atoms with E-state index in [4.69, 9.17) is 4.74 Å². The Morgan fingerprint density at radius 2 is 1.72 bits per heavy atom. The lowest BCUT2D eigenvalue weighted by molar-refractivity contribution is -0.139. The zero-order chi connectivity index (χ0) is 18.1. The number of carbonyl (C=O) groups excluding carboxylic acids is 2. The van der Waals surface area contributed by atoms with Gasteiger partial charge in [0, 0.05) is 18.7 Å². The molecule has 0 N–H and O–H groups in total. The second kappa shape index (κ2) is 6.71. The van der Waals surface area contributed by atoms with E-state index in [-0.39, 0.29) is 18.3 Å². The predicted octanol–water partition coefficient (Wildman–Crippen LogP) is 3.88. The second-order valence-electron chi connectivity index (χ2n) is 6.84. The number of carbonyl (C=O) groups is 2. The molecule has 4 heteroatoms. The van der Waals surface area contributed by atoms with Gasteiger partial charge < -0.3 is 9.64 Å². The van der Waals surface area contributed by atoms with Crippen molar-refractivity contribution in [3.8, 4) is 5.75 Å². The number of hydrogen-bond donors (Lipinski definition) is 0. The van der Waals surface area contributed by atoms with Gasteiger partial charge in [0.15, 0.2) is 0 Å². The maximum atomic E-state index is 12.6. The molecular weight excluding hydrogens is 314 g/mol. The van der Waals surface area contributed by atoms with E-state index in [2.05, 4.69) is 0 Å². The Morgan fingerprint density at radius 3 is 2.40 bits per heavy atom. The van der Waals surface area contributed by atoms with Crippen LogP contribution in [0.4, 0.5) is 5.69 Å². The second-order valence-corrected chi connectivity index (χ2v) is 6.84. The van der Waals surface area contributed by atoms with Crippen LogP contribution in [0.15, 0.2) is 36.4 Å². The molecule has 1 aliphatic rings. The van der Waals surface area contributed by atoms with Gasteiger partial charge in [-0.05, 0) is 56.0 Å². The van der Waals surface area contributed by atoms with Crippen molar-refractivity contribution in [1.82, 2.24) is 0 Å². The van der Waals surface area contributed by atoms with E-state index in [0.717, 1.165) is 27.9 Å². The van der Waals surface area contributed by atoms with E-state index in [1.165, 1.54) is 0 Å². The van der Waals surface area contributed by atoms with E-state index < -0.39 is 5.92 Å². The minimum absolute atomic E-state index is 0.0304. The van der Waals surface area contributed by atoms with Gasteiger partial charge in [-0.25, -0.2) is 0 Å². The van der Waals surface area contributed by atoms with Gasteiger partial charge in [0.1, 0.15) is 5.75 Å². The van der Waals surface area contributed by atoms with Gasteiger partial charge in [0.2, 0.25) is 5.91 Å². The summed E-state index contributed by atoms with van der Waals surface area (Å²) in [7, 11) is 0. The molecule has 4 nitrogen and oxygen atoms in total. The molecule has 1 amide bonds. The van der Waals surface area contributed by atoms with E-state index in [0.29, 0.717) is 12.3 Å². The highest BCUT2D eigenvalue weighted by molar-refractivity contribution is 6.00. The van der Waals surface area contributed by atoms with Crippen molar-refractivity contribution in [2.45, 2.75) is 34.1 Å². The number of anilines is 1. The number of esters is 1. The molecule has 0 bridgehead atoms. The Labute approximate surface area is 148 Å². The van der Waals surface area contributed by atoms with Crippen molar-refractivity contribution in [1.29, 1.82) is 0 Å². The molecule has 0 radical (unpaired) electrons. The fraction of sp³-hybridized carbons (Fsp3) is 0.333. The first kappa shape index (κ1) is 17.2. The molecule has 3 rings (SSSR count). The van der Waals surface area contributed by atoms with Crippen LogP contribution in [-0.2, 0) is 9.59 Å². The van der Waals surface area contributed by atoms with Gasteiger partial charge in [0.05, 0.1) is 5.92 Å². The highest BCUT2D eigenvalue weighted by Gasteiger charge is 2.37. The zero-order valence-corrected chi connectivity index (χ0v) is 15.1. The minimum atomic E-state index is -0.439. The highest BCUT2D eigenvalue weighted by Crippen LogP contribution is 2.30. The number of amides is 1. The van der Waals surface area contributed by atoms with E-state index in [9.17, 15) is 9.59 Å². The summed E-state index contributed by atoms with van der Waals surface area (Å²) in [5, 5.41) is 0. The fourth-order valence-electron chi connectivity index (χ4n) is 3.25. The SMILES string of the molecule is Cc1ccc(C)c(N2C[C@@H](C(=O)Oc3c(C)cccc3C)CC2=O)c1. The molecule has 1 aliphatic heterocycles. The molecule has 25 heavy (non-hydrogen) atoms. The van der Waals surface area contributed by atoms with E-state index >= 15 is 0 Å². The van der Waals surface area contributed by atoms with Crippen LogP contribution in [0.25, 0.3) is 0 Å². The van der Waals surface area contributed by atoms with Crippen LogP contribution < -0.4 is 9.64 Å². The van der Waals surface area contributed by atoms with Crippen molar-refractivity contribution >= 4 is 17.6 Å². The predicted molar refractivity (Wildman–Crippen MR) is 97.9 cm³/mol. The normalized spacial score (nSPS) is 17.0. The first-order valence-corrected chi connectivity index (χ1v) is 8.52. The number of para-hydroxylation sites is 1. The van der Waals surface area contributed by atoms with Gasteiger partial charge in [0.25, 0.3) is 0 Å². The molecule has 1 fully saturated rings. The number of nitrogens with zero attached hydrogens (tertiary/aromatic N) is 1. The average molecular weight is 337 g/mol. The first-order valence-electron chi connectivity index (χ1n) is 8.52. The molecule has 0 aromatic heterocycles. The lowest BCUT2D eigenvalue weighted by Crippen LogP contribution is -2.28. The smallest absolute Gasteiger partial charge is 0.316 e. The van der Waals surface area contributed by atoms with Gasteiger partial charge >= 0.3 is 5.97 Å². The zero-order valence-electron chi connectivity index (χ0n) is 15.1. The third-order valence-corrected chi connectivity index (χ3v) is 4.73. The molecule has 130 valence electrons. The van der Waals surface area contributed by atoms with Crippen molar-refractivity contribution in [3.63, 3.8) is 0 Å². The topological polar surface area (TPSA) is 46.6 Å². The van der Waals surface area contributed by atoms with Gasteiger partial charge in [-0.15, -0.1) is 0 Å². The Kier molecular flexibility index (Phi) is 4.62. The van der Waals surface area contributed by atoms with Gasteiger partial charge in [-0.3, -0.25) is 9.59 Å². The lowest BCUT2D eigenvalue weighted by Gasteiger charge is -2.19. The third-order valence-electron chi connectivity index (χ3n) is 4.73. The van der Waals surface area contributed by atoms with Gasteiger partial charge in [-0.1, -0.05) is 30.3 Å². The van der Waals surface area contributed by atoms with Crippen molar-refractivity contribution in [3.05, 3.63) is 58.7 Å². The number of ether oxygens (including phenoxy) is 1. The first-order chi connectivity index (χ1) is 11.9. The molecule has 2 aromatic carbocycles. The van der Waals surface area contributed by atoms with Gasteiger partial charge in [-0.2, -0.15) is 0 Å². The summed E-state index contributed by atoms with van der Waals surface area (Å²) in [6.07, 6.45) is 0.192. The molecular formula is C21H23NO3. The largest absolute Gasteiger partial charge is 0.426 e. The summed E-state index contributed by atoms with van der Waals surface area (Å²) < 4.78 is 5.63.